The van der Waals surface area contributed by atoms with Crippen molar-refractivity contribution < 1.29 is 14.3 Å². The van der Waals surface area contributed by atoms with Crippen LogP contribution in [0.5, 0.6) is 0 Å². The van der Waals surface area contributed by atoms with Crippen molar-refractivity contribution in [2.24, 2.45) is 0 Å². The molecule has 0 aliphatic carbocycles. The Bertz CT molecular complexity index is 588. The lowest BCUT2D eigenvalue weighted by Gasteiger charge is -2.21. The van der Waals surface area contributed by atoms with E-state index in [1.54, 1.807) is 25.3 Å². The van der Waals surface area contributed by atoms with E-state index in [1.807, 2.05) is 20.8 Å². The van der Waals surface area contributed by atoms with Gasteiger partial charge in [-0.25, -0.2) is 4.79 Å². The van der Waals surface area contributed by atoms with E-state index in [4.69, 9.17) is 16.3 Å². The Morgan fingerprint density at radius 3 is 2.52 bits per heavy atom. The summed E-state index contributed by atoms with van der Waals surface area (Å²) in [5.41, 5.74) is 0.452. The van der Waals surface area contributed by atoms with Gasteiger partial charge in [0.25, 0.3) is 5.91 Å². The van der Waals surface area contributed by atoms with Gasteiger partial charge < -0.3 is 26.0 Å². The molecule has 0 aliphatic rings. The normalized spacial score (nSPS) is 11.1. The third-order valence-electron chi connectivity index (χ3n) is 3.03. The van der Waals surface area contributed by atoms with E-state index in [0.717, 1.165) is 6.54 Å². The first kappa shape index (κ1) is 21.2. The molecule has 0 aromatic heterocycles. The zero-order chi connectivity index (χ0) is 18.9. The number of anilines is 1. The van der Waals surface area contributed by atoms with Gasteiger partial charge in [0.2, 0.25) is 0 Å². The first-order chi connectivity index (χ1) is 11.7. The van der Waals surface area contributed by atoms with Gasteiger partial charge >= 0.3 is 6.03 Å². The predicted molar refractivity (Wildman–Crippen MR) is 100 cm³/mol. The summed E-state index contributed by atoms with van der Waals surface area (Å²) in [4.78, 5) is 24.2. The highest BCUT2D eigenvalue weighted by Gasteiger charge is 2.15. The van der Waals surface area contributed by atoms with Gasteiger partial charge in [-0.15, -0.1) is 0 Å². The van der Waals surface area contributed by atoms with E-state index in [0.29, 0.717) is 36.0 Å². The van der Waals surface area contributed by atoms with E-state index in [2.05, 4.69) is 21.3 Å². The molecule has 4 N–H and O–H groups in total. The van der Waals surface area contributed by atoms with Crippen LogP contribution >= 0.6 is 11.6 Å². The predicted octanol–water partition coefficient (Wildman–Crippen LogP) is 2.23. The number of urea groups is 1. The van der Waals surface area contributed by atoms with E-state index in [1.165, 1.54) is 0 Å². The molecule has 0 spiro atoms. The summed E-state index contributed by atoms with van der Waals surface area (Å²) in [6.07, 6.45) is 0. The van der Waals surface area contributed by atoms with Gasteiger partial charge in [-0.05, 0) is 39.0 Å². The van der Waals surface area contributed by atoms with Crippen molar-refractivity contribution >= 4 is 29.2 Å². The molecule has 0 heterocycles. The van der Waals surface area contributed by atoms with Crippen molar-refractivity contribution in [2.75, 3.05) is 38.7 Å². The average Bonchev–Trinajstić information content (AvgIpc) is 2.50. The van der Waals surface area contributed by atoms with Gasteiger partial charge in [-0.3, -0.25) is 4.79 Å². The summed E-state index contributed by atoms with van der Waals surface area (Å²) in [5, 5.41) is 11.7. The second-order valence-corrected chi connectivity index (χ2v) is 6.93. The summed E-state index contributed by atoms with van der Waals surface area (Å²) in [6, 6.07) is 4.44. The second-order valence-electron chi connectivity index (χ2n) is 6.52. The molecule has 0 bridgehead atoms. The van der Waals surface area contributed by atoms with Crippen LogP contribution in [0.4, 0.5) is 10.5 Å². The van der Waals surface area contributed by atoms with Gasteiger partial charge in [0.1, 0.15) is 0 Å². The number of benzene rings is 1. The summed E-state index contributed by atoms with van der Waals surface area (Å²) in [7, 11) is 1.63. The molecule has 25 heavy (non-hydrogen) atoms. The summed E-state index contributed by atoms with van der Waals surface area (Å²) >= 11 is 6.09. The van der Waals surface area contributed by atoms with Crippen LogP contribution < -0.4 is 21.3 Å². The Balaban J connectivity index is 2.58. The maximum atomic E-state index is 12.2. The third kappa shape index (κ3) is 8.72. The molecule has 0 atom stereocenters. The van der Waals surface area contributed by atoms with E-state index in [9.17, 15) is 9.59 Å². The van der Waals surface area contributed by atoms with Crippen molar-refractivity contribution in [3.63, 3.8) is 0 Å². The van der Waals surface area contributed by atoms with Gasteiger partial charge in [0, 0.05) is 38.0 Å². The fourth-order valence-corrected chi connectivity index (χ4v) is 2.14. The quantitative estimate of drug-likeness (QED) is 0.528. The molecule has 0 saturated carbocycles. The first-order valence-electron chi connectivity index (χ1n) is 8.09. The number of ether oxygens (including phenoxy) is 1. The number of hydrogen-bond acceptors (Lipinski definition) is 4. The Morgan fingerprint density at radius 1 is 1.16 bits per heavy atom. The Kier molecular flexibility index (Phi) is 8.68. The molecule has 1 aromatic carbocycles. The number of nitrogens with one attached hydrogen (secondary N) is 4. The monoisotopic (exact) mass is 370 g/mol. The molecule has 0 fully saturated rings. The van der Waals surface area contributed by atoms with Crippen molar-refractivity contribution in [2.45, 2.75) is 26.3 Å². The minimum atomic E-state index is -0.355. The number of carbonyl (C=O) groups is 2. The number of amides is 3. The molecule has 0 unspecified atom stereocenters. The summed E-state index contributed by atoms with van der Waals surface area (Å²) < 4.78 is 4.92. The van der Waals surface area contributed by atoms with Crippen molar-refractivity contribution in [3.05, 3.63) is 28.8 Å². The molecular weight excluding hydrogens is 344 g/mol. The van der Waals surface area contributed by atoms with Crippen LogP contribution in [0.3, 0.4) is 0 Å². The molecule has 140 valence electrons. The average molecular weight is 371 g/mol. The van der Waals surface area contributed by atoms with E-state index in [-0.39, 0.29) is 17.5 Å². The minimum Gasteiger partial charge on any atom is -0.383 e. The van der Waals surface area contributed by atoms with Gasteiger partial charge in [-0.2, -0.15) is 0 Å². The van der Waals surface area contributed by atoms with Crippen LogP contribution in [0, 0.1) is 0 Å². The highest BCUT2D eigenvalue weighted by molar-refractivity contribution is 6.34. The molecule has 1 rings (SSSR count). The lowest BCUT2D eigenvalue weighted by Crippen LogP contribution is -2.43. The first-order valence-corrected chi connectivity index (χ1v) is 8.47. The molecule has 7 nitrogen and oxygen atoms in total. The Labute approximate surface area is 153 Å². The van der Waals surface area contributed by atoms with Crippen molar-refractivity contribution in [1.82, 2.24) is 16.0 Å². The number of rotatable bonds is 8. The SMILES string of the molecule is COCCNCCNC(=O)c1cc(NC(=O)NC(C)(C)C)ccc1Cl. The van der Waals surface area contributed by atoms with Crippen LogP contribution in [0.2, 0.25) is 5.02 Å². The van der Waals surface area contributed by atoms with Crippen LogP contribution in [0.1, 0.15) is 31.1 Å². The molecule has 0 saturated heterocycles. The largest absolute Gasteiger partial charge is 0.383 e. The smallest absolute Gasteiger partial charge is 0.319 e. The number of hydrogen-bond donors (Lipinski definition) is 4. The minimum absolute atomic E-state index is 0.293. The maximum Gasteiger partial charge on any atom is 0.319 e. The molecular formula is C17H27ClN4O3. The van der Waals surface area contributed by atoms with E-state index >= 15 is 0 Å². The van der Waals surface area contributed by atoms with Gasteiger partial charge in [0.05, 0.1) is 17.2 Å². The maximum absolute atomic E-state index is 12.2. The topological polar surface area (TPSA) is 91.5 Å². The van der Waals surface area contributed by atoms with Gasteiger partial charge in [0.15, 0.2) is 0 Å². The zero-order valence-electron chi connectivity index (χ0n) is 15.2. The zero-order valence-corrected chi connectivity index (χ0v) is 15.9. The number of carbonyl (C=O) groups excluding carboxylic acids is 2. The molecule has 8 heteroatoms. The highest BCUT2D eigenvalue weighted by atomic mass is 35.5. The third-order valence-corrected chi connectivity index (χ3v) is 3.36. The van der Waals surface area contributed by atoms with E-state index < -0.39 is 0 Å². The lowest BCUT2D eigenvalue weighted by molar-refractivity contribution is 0.0954. The van der Waals surface area contributed by atoms with Crippen LogP contribution in [0.15, 0.2) is 18.2 Å². The van der Waals surface area contributed by atoms with Gasteiger partial charge in [-0.1, -0.05) is 11.6 Å². The fraction of sp³-hybridized carbons (Fsp3) is 0.529. The second kappa shape index (κ2) is 10.2. The Morgan fingerprint density at radius 2 is 1.88 bits per heavy atom. The molecule has 0 radical (unpaired) electrons. The van der Waals surface area contributed by atoms with Crippen LogP contribution in [0.25, 0.3) is 0 Å². The summed E-state index contributed by atoms with van der Waals surface area (Å²) in [5.74, 6) is -0.293. The number of halogens is 1. The standard InChI is InChI=1S/C17H27ClN4O3/c1-17(2,3)22-16(24)21-12-5-6-14(18)13(11-12)15(23)20-8-7-19-9-10-25-4/h5-6,11,19H,7-10H2,1-4H3,(H,20,23)(H2,21,22,24). The van der Waals surface area contributed by atoms with Crippen molar-refractivity contribution in [1.29, 1.82) is 0 Å². The fourth-order valence-electron chi connectivity index (χ4n) is 1.94. The van der Waals surface area contributed by atoms with Crippen LogP contribution in [-0.2, 0) is 4.74 Å². The highest BCUT2D eigenvalue weighted by Crippen LogP contribution is 2.20. The molecule has 1 aromatic rings. The number of methoxy groups -OCH3 is 1. The molecule has 3 amide bonds. The molecule has 0 aliphatic heterocycles. The van der Waals surface area contributed by atoms with Crippen LogP contribution in [-0.4, -0.2) is 50.8 Å². The summed E-state index contributed by atoms with van der Waals surface area (Å²) in [6.45, 7) is 8.06. The lowest BCUT2D eigenvalue weighted by atomic mass is 10.1. The van der Waals surface area contributed by atoms with Crippen molar-refractivity contribution in [3.8, 4) is 0 Å². The Hall–Kier alpha value is -1.83.